The second-order valence-corrected chi connectivity index (χ2v) is 7.30. The van der Waals surface area contributed by atoms with Crippen molar-refractivity contribution < 1.29 is 26.3 Å². The molecule has 1 rings (SSSR count). The first-order valence-electron chi connectivity index (χ1n) is 5.42. The average Bonchev–Trinajstić information content (AvgIpc) is 2.27. The maximum atomic E-state index is 12.0. The third-order valence-corrected chi connectivity index (χ3v) is 5.15. The molecule has 0 fully saturated rings. The van der Waals surface area contributed by atoms with E-state index in [2.05, 4.69) is 9.04 Å². The summed E-state index contributed by atoms with van der Waals surface area (Å²) in [6.07, 6.45) is -0.0422. The van der Waals surface area contributed by atoms with Crippen molar-refractivity contribution in [2.24, 2.45) is 0 Å². The van der Waals surface area contributed by atoms with Gasteiger partial charge in [0.25, 0.3) is 0 Å². The number of anilines is 1. The van der Waals surface area contributed by atoms with Gasteiger partial charge in [-0.2, -0.15) is 0 Å². The molecule has 0 spiro atoms. The van der Waals surface area contributed by atoms with E-state index in [1.165, 1.54) is 19.9 Å². The van der Waals surface area contributed by atoms with Crippen LogP contribution in [0.2, 0.25) is 0 Å². The molecule has 0 aliphatic heterocycles. The Morgan fingerprint density at radius 1 is 1.42 bits per heavy atom. The standard InChI is InChI=1S/C11H14AsNO6/c1-3-11(16)19-12(17,18)9-5-4-8(15)6-10(9)13-7(2)14/h4-6,15H,3H2,1-2H3,(H,13,14)(H,17,18). The van der Waals surface area contributed by atoms with Gasteiger partial charge in [0.05, 0.1) is 0 Å². The monoisotopic (exact) mass is 331 g/mol. The number of hydrogen-bond acceptors (Lipinski definition) is 5. The van der Waals surface area contributed by atoms with Gasteiger partial charge in [-0.05, 0) is 0 Å². The van der Waals surface area contributed by atoms with Crippen molar-refractivity contribution in [1.82, 2.24) is 0 Å². The predicted octanol–water partition coefficient (Wildman–Crippen LogP) is -0.128. The molecule has 19 heavy (non-hydrogen) atoms. The van der Waals surface area contributed by atoms with E-state index >= 15 is 0 Å². The molecule has 104 valence electrons. The van der Waals surface area contributed by atoms with Gasteiger partial charge in [-0.3, -0.25) is 0 Å². The summed E-state index contributed by atoms with van der Waals surface area (Å²) in [4.78, 5) is 22.1. The Morgan fingerprint density at radius 3 is 2.58 bits per heavy atom. The van der Waals surface area contributed by atoms with Gasteiger partial charge in [0, 0.05) is 0 Å². The summed E-state index contributed by atoms with van der Waals surface area (Å²) < 4.78 is 26.2. The van der Waals surface area contributed by atoms with Crippen molar-refractivity contribution in [2.75, 3.05) is 5.32 Å². The van der Waals surface area contributed by atoms with E-state index in [4.69, 9.17) is 0 Å². The van der Waals surface area contributed by atoms with Gasteiger partial charge < -0.3 is 0 Å². The molecular formula is C11H14AsNO6. The molecule has 0 heterocycles. The summed E-state index contributed by atoms with van der Waals surface area (Å²) in [7, 11) is 0. The fourth-order valence-electron chi connectivity index (χ4n) is 1.31. The van der Waals surface area contributed by atoms with Crippen molar-refractivity contribution in [1.29, 1.82) is 0 Å². The minimum atomic E-state index is -5.10. The second kappa shape index (κ2) is 5.95. The van der Waals surface area contributed by atoms with Crippen LogP contribution in [0.25, 0.3) is 0 Å². The predicted molar refractivity (Wildman–Crippen MR) is 67.1 cm³/mol. The van der Waals surface area contributed by atoms with Gasteiger partial charge in [-0.15, -0.1) is 0 Å². The molecule has 8 heteroatoms. The first-order chi connectivity index (χ1) is 8.76. The number of aromatic hydroxyl groups is 1. The van der Waals surface area contributed by atoms with E-state index in [9.17, 15) is 22.5 Å². The van der Waals surface area contributed by atoms with Crippen LogP contribution in [-0.2, 0) is 17.1 Å². The first-order valence-corrected chi connectivity index (χ1v) is 8.73. The number of hydrogen-bond donors (Lipinski definition) is 3. The van der Waals surface area contributed by atoms with E-state index in [0.717, 1.165) is 12.1 Å². The van der Waals surface area contributed by atoms with Crippen molar-refractivity contribution >= 4 is 36.1 Å². The molecule has 0 aliphatic rings. The summed E-state index contributed by atoms with van der Waals surface area (Å²) in [5, 5.41) is 11.6. The summed E-state index contributed by atoms with van der Waals surface area (Å²) >= 11 is -5.10. The van der Waals surface area contributed by atoms with Crippen LogP contribution in [0.3, 0.4) is 0 Å². The Labute approximate surface area is 112 Å². The molecule has 1 aromatic rings. The fraction of sp³-hybridized carbons (Fsp3) is 0.273. The van der Waals surface area contributed by atoms with E-state index in [1.54, 1.807) is 0 Å². The number of phenols is 1. The van der Waals surface area contributed by atoms with Gasteiger partial charge in [-0.1, -0.05) is 0 Å². The third kappa shape index (κ3) is 4.15. The van der Waals surface area contributed by atoms with Crippen LogP contribution in [0, 0.1) is 0 Å². The zero-order valence-electron chi connectivity index (χ0n) is 10.4. The van der Waals surface area contributed by atoms with Crippen molar-refractivity contribution in [3.8, 4) is 5.75 Å². The average molecular weight is 331 g/mol. The zero-order valence-corrected chi connectivity index (χ0v) is 12.3. The Hall–Kier alpha value is -1.72. The Kier molecular flexibility index (Phi) is 4.80. The van der Waals surface area contributed by atoms with Crippen molar-refractivity contribution in [3.05, 3.63) is 18.2 Å². The van der Waals surface area contributed by atoms with Gasteiger partial charge in [0.15, 0.2) is 0 Å². The summed E-state index contributed by atoms with van der Waals surface area (Å²) in [5.74, 6) is -1.49. The van der Waals surface area contributed by atoms with Gasteiger partial charge in [0.2, 0.25) is 0 Å². The Bertz CT molecular complexity index is 556. The van der Waals surface area contributed by atoms with Gasteiger partial charge in [-0.25, -0.2) is 0 Å². The molecule has 3 N–H and O–H groups in total. The molecule has 0 bridgehead atoms. The van der Waals surface area contributed by atoms with Crippen LogP contribution in [-0.4, -0.2) is 35.3 Å². The number of benzene rings is 1. The van der Waals surface area contributed by atoms with Crippen molar-refractivity contribution in [2.45, 2.75) is 20.3 Å². The van der Waals surface area contributed by atoms with Crippen LogP contribution in [0.1, 0.15) is 20.3 Å². The number of nitrogens with one attached hydrogen (secondary N) is 1. The molecule has 1 aromatic carbocycles. The SMILES string of the molecule is CCC(=O)O[As](=O)(O)c1ccc(O)cc1NC(C)=O. The molecular weight excluding hydrogens is 317 g/mol. The Morgan fingerprint density at radius 2 is 2.05 bits per heavy atom. The van der Waals surface area contributed by atoms with Crippen LogP contribution in [0.4, 0.5) is 5.69 Å². The van der Waals surface area contributed by atoms with E-state index in [0.29, 0.717) is 0 Å². The number of carbonyl (C=O) groups excluding carboxylic acids is 2. The first kappa shape index (κ1) is 15.3. The summed E-state index contributed by atoms with van der Waals surface area (Å²) in [6.45, 7) is 2.70. The van der Waals surface area contributed by atoms with E-state index in [1.807, 2.05) is 0 Å². The molecule has 0 radical (unpaired) electrons. The summed E-state index contributed by atoms with van der Waals surface area (Å²) in [6, 6.07) is 3.43. The number of phenolic OH excluding ortho intramolecular Hbond substituents is 1. The fourth-order valence-corrected chi connectivity index (χ4v) is 3.81. The second-order valence-electron chi connectivity index (χ2n) is 3.72. The Balaban J connectivity index is 3.21. The van der Waals surface area contributed by atoms with Crippen LogP contribution in [0.15, 0.2) is 18.2 Å². The number of amides is 1. The topological polar surface area (TPSA) is 113 Å². The molecule has 1 amide bonds. The molecule has 0 saturated heterocycles. The van der Waals surface area contributed by atoms with Gasteiger partial charge in [0.1, 0.15) is 0 Å². The van der Waals surface area contributed by atoms with E-state index in [-0.39, 0.29) is 22.2 Å². The van der Waals surface area contributed by atoms with Gasteiger partial charge >= 0.3 is 112 Å². The molecule has 0 aromatic heterocycles. The number of carbonyl (C=O) groups is 2. The summed E-state index contributed by atoms with van der Waals surface area (Å²) in [5.41, 5.74) is -0.0543. The normalized spacial score (nSPS) is 13.4. The molecule has 0 aliphatic carbocycles. The number of rotatable bonds is 4. The molecule has 1 atom stereocenters. The van der Waals surface area contributed by atoms with Crippen LogP contribution >= 0.6 is 0 Å². The molecule has 1 unspecified atom stereocenters. The molecule has 0 saturated carbocycles. The third-order valence-electron chi connectivity index (χ3n) is 2.11. The van der Waals surface area contributed by atoms with Crippen LogP contribution in [0.5, 0.6) is 5.75 Å². The maximum absolute atomic E-state index is 12.0. The molecule has 7 nitrogen and oxygen atoms in total. The minimum absolute atomic E-state index is 0.0422. The van der Waals surface area contributed by atoms with E-state index < -0.39 is 26.0 Å². The van der Waals surface area contributed by atoms with Crippen LogP contribution < -0.4 is 9.67 Å². The van der Waals surface area contributed by atoms with Crippen molar-refractivity contribution in [3.63, 3.8) is 0 Å². The zero-order chi connectivity index (χ0) is 14.6. The quantitative estimate of drug-likeness (QED) is 0.663.